The Balaban J connectivity index is 1.95. The first-order valence-corrected chi connectivity index (χ1v) is 7.78. The molecule has 5 nitrogen and oxygen atoms in total. The van der Waals surface area contributed by atoms with E-state index in [2.05, 4.69) is 4.98 Å². The summed E-state index contributed by atoms with van der Waals surface area (Å²) >= 11 is 0. The number of carbonyl (C=O) groups is 1. The molecule has 4 rings (SSSR count). The molecule has 144 valence electrons. The number of ether oxygens (including phenoxy) is 1. The molecule has 3 aromatic rings. The Morgan fingerprint density at radius 1 is 1.07 bits per heavy atom. The van der Waals surface area contributed by atoms with E-state index in [9.17, 15) is 26.7 Å². The number of hydrogen-bond donors (Lipinski definition) is 1. The van der Waals surface area contributed by atoms with Crippen molar-refractivity contribution in [2.24, 2.45) is 5.73 Å². The van der Waals surface area contributed by atoms with Gasteiger partial charge in [-0.1, -0.05) is 6.07 Å². The largest absolute Gasteiger partial charge is 0.456 e. The molecular weight excluding hydrogens is 387 g/mol. The Morgan fingerprint density at radius 2 is 1.79 bits per heavy atom. The van der Waals surface area contributed by atoms with Crippen molar-refractivity contribution in [3.63, 3.8) is 0 Å². The molecule has 0 saturated heterocycles. The predicted octanol–water partition coefficient (Wildman–Crippen LogP) is 4.36. The number of rotatable bonds is 2. The van der Waals surface area contributed by atoms with E-state index in [1.165, 1.54) is 6.07 Å². The van der Waals surface area contributed by atoms with Crippen molar-refractivity contribution >= 4 is 5.91 Å². The Kier molecular flexibility index (Phi) is 3.88. The minimum Gasteiger partial charge on any atom is -0.456 e. The number of aromatic nitrogens is 1. The first-order chi connectivity index (χ1) is 13.1. The van der Waals surface area contributed by atoms with Crippen LogP contribution in [0.4, 0.5) is 22.0 Å². The van der Waals surface area contributed by atoms with E-state index in [1.54, 1.807) is 0 Å². The van der Waals surface area contributed by atoms with Gasteiger partial charge in [0.1, 0.15) is 29.4 Å². The van der Waals surface area contributed by atoms with Gasteiger partial charge in [0.15, 0.2) is 5.69 Å². The molecule has 2 aromatic carbocycles. The topological polar surface area (TPSA) is 78.4 Å². The van der Waals surface area contributed by atoms with Gasteiger partial charge in [-0.15, -0.1) is 0 Å². The maximum absolute atomic E-state index is 14.1. The second kappa shape index (κ2) is 6.04. The molecule has 2 N–H and O–H groups in total. The lowest BCUT2D eigenvalue weighted by molar-refractivity contribution is -0.141. The van der Waals surface area contributed by atoms with E-state index in [0.717, 1.165) is 24.3 Å². The number of amides is 1. The van der Waals surface area contributed by atoms with Gasteiger partial charge in [-0.25, -0.2) is 13.8 Å². The number of fused-ring (bicyclic) bond motifs is 2. The summed E-state index contributed by atoms with van der Waals surface area (Å²) in [6.45, 7) is 0. The fourth-order valence-electron chi connectivity index (χ4n) is 3.08. The van der Waals surface area contributed by atoms with Gasteiger partial charge in [-0.05, 0) is 12.1 Å². The standard InChI is InChI=1S/C18H9F5N2O3/c19-7-1-2-9-11(4-7)28-12-5-8(20)3-10(14(12)15(9)16(24)26)17-25-13(6-27-17)18(21,22)23/h1-6,15H,(H2,24,26). The lowest BCUT2D eigenvalue weighted by Crippen LogP contribution is -2.26. The molecule has 2 heterocycles. The molecule has 1 amide bonds. The van der Waals surface area contributed by atoms with Crippen LogP contribution in [0.5, 0.6) is 11.5 Å². The van der Waals surface area contributed by atoms with Gasteiger partial charge in [0.2, 0.25) is 11.8 Å². The molecule has 28 heavy (non-hydrogen) atoms. The Bertz CT molecular complexity index is 1110. The van der Waals surface area contributed by atoms with Gasteiger partial charge in [0.05, 0.1) is 5.92 Å². The molecule has 1 aliphatic rings. The smallest absolute Gasteiger partial charge is 0.436 e. The normalized spacial score (nSPS) is 15.5. The summed E-state index contributed by atoms with van der Waals surface area (Å²) in [6.07, 6.45) is -4.40. The number of nitrogens with zero attached hydrogens (tertiary/aromatic N) is 1. The summed E-state index contributed by atoms with van der Waals surface area (Å²) < 4.78 is 76.5. The van der Waals surface area contributed by atoms with Crippen molar-refractivity contribution in [2.75, 3.05) is 0 Å². The van der Waals surface area contributed by atoms with Crippen molar-refractivity contribution in [1.82, 2.24) is 4.98 Å². The lowest BCUT2D eigenvalue weighted by Gasteiger charge is -2.27. The van der Waals surface area contributed by atoms with Crippen LogP contribution in [-0.2, 0) is 11.0 Å². The average Bonchev–Trinajstić information content (AvgIpc) is 3.08. The minimum absolute atomic E-state index is 0.0245. The molecule has 0 bridgehead atoms. The summed E-state index contributed by atoms with van der Waals surface area (Å²) in [5, 5.41) is 0. The summed E-state index contributed by atoms with van der Waals surface area (Å²) in [5.74, 6) is -4.51. The molecule has 1 aliphatic heterocycles. The van der Waals surface area contributed by atoms with Crippen LogP contribution in [0.3, 0.4) is 0 Å². The van der Waals surface area contributed by atoms with Gasteiger partial charge >= 0.3 is 6.18 Å². The monoisotopic (exact) mass is 396 g/mol. The Labute approximate surface area is 153 Å². The SMILES string of the molecule is NC(=O)C1c2ccc(F)cc2Oc2cc(F)cc(-c3nc(C(F)(F)F)co3)c21. The van der Waals surface area contributed by atoms with Crippen molar-refractivity contribution in [3.8, 4) is 23.0 Å². The summed E-state index contributed by atoms with van der Waals surface area (Å²) in [4.78, 5) is 15.5. The zero-order valence-corrected chi connectivity index (χ0v) is 13.7. The van der Waals surface area contributed by atoms with Crippen molar-refractivity contribution < 1.29 is 35.9 Å². The van der Waals surface area contributed by atoms with Crippen LogP contribution in [0.2, 0.25) is 0 Å². The molecule has 1 aromatic heterocycles. The number of primary amides is 1. The third kappa shape index (κ3) is 2.86. The molecule has 0 fully saturated rings. The van der Waals surface area contributed by atoms with Crippen molar-refractivity contribution in [2.45, 2.75) is 12.1 Å². The van der Waals surface area contributed by atoms with Crippen LogP contribution in [-0.4, -0.2) is 10.9 Å². The van der Waals surface area contributed by atoms with Gasteiger partial charge in [0, 0.05) is 28.8 Å². The van der Waals surface area contributed by atoms with Crippen LogP contribution in [0.25, 0.3) is 11.5 Å². The maximum atomic E-state index is 14.1. The highest BCUT2D eigenvalue weighted by Gasteiger charge is 2.38. The van der Waals surface area contributed by atoms with E-state index in [-0.39, 0.29) is 28.2 Å². The summed E-state index contributed by atoms with van der Waals surface area (Å²) in [6, 6.07) is 5.09. The van der Waals surface area contributed by atoms with E-state index < -0.39 is 41.2 Å². The first-order valence-electron chi connectivity index (χ1n) is 7.78. The lowest BCUT2D eigenvalue weighted by atomic mass is 9.84. The molecule has 0 aliphatic carbocycles. The van der Waals surface area contributed by atoms with E-state index in [1.807, 2.05) is 0 Å². The number of benzene rings is 2. The minimum atomic E-state index is -4.78. The van der Waals surface area contributed by atoms with Crippen LogP contribution in [0.1, 0.15) is 22.7 Å². The van der Waals surface area contributed by atoms with Gasteiger partial charge < -0.3 is 14.9 Å². The van der Waals surface area contributed by atoms with Crippen LogP contribution in [0, 0.1) is 11.6 Å². The third-order valence-corrected chi connectivity index (χ3v) is 4.21. The summed E-state index contributed by atoms with van der Waals surface area (Å²) in [7, 11) is 0. The number of alkyl halides is 3. The van der Waals surface area contributed by atoms with Crippen LogP contribution < -0.4 is 10.5 Å². The van der Waals surface area contributed by atoms with Gasteiger partial charge in [0.25, 0.3) is 0 Å². The number of nitrogens with two attached hydrogens (primary N) is 1. The predicted molar refractivity (Wildman–Crippen MR) is 84.4 cm³/mol. The zero-order valence-electron chi connectivity index (χ0n) is 13.7. The van der Waals surface area contributed by atoms with Crippen molar-refractivity contribution in [3.05, 3.63) is 65.1 Å². The second-order valence-corrected chi connectivity index (χ2v) is 6.02. The fraction of sp³-hybridized carbons (Fsp3) is 0.111. The number of hydrogen-bond acceptors (Lipinski definition) is 4. The van der Waals surface area contributed by atoms with E-state index >= 15 is 0 Å². The number of halogens is 5. The molecule has 1 atom stereocenters. The number of carbonyl (C=O) groups excluding carboxylic acids is 1. The maximum Gasteiger partial charge on any atom is 0.436 e. The molecule has 0 spiro atoms. The van der Waals surface area contributed by atoms with Crippen LogP contribution in [0.15, 0.2) is 41.0 Å². The Morgan fingerprint density at radius 3 is 2.43 bits per heavy atom. The van der Waals surface area contributed by atoms with Gasteiger partial charge in [-0.2, -0.15) is 13.2 Å². The average molecular weight is 396 g/mol. The Hall–Kier alpha value is -3.43. The van der Waals surface area contributed by atoms with Crippen molar-refractivity contribution in [1.29, 1.82) is 0 Å². The summed E-state index contributed by atoms with van der Waals surface area (Å²) in [5.41, 5.74) is 4.08. The quantitative estimate of drug-likeness (QED) is 0.653. The molecule has 0 saturated carbocycles. The first kappa shape index (κ1) is 18.0. The van der Waals surface area contributed by atoms with Gasteiger partial charge in [-0.3, -0.25) is 4.79 Å². The third-order valence-electron chi connectivity index (χ3n) is 4.21. The molecule has 0 radical (unpaired) electrons. The highest BCUT2D eigenvalue weighted by molar-refractivity contribution is 5.91. The fourth-order valence-corrected chi connectivity index (χ4v) is 3.08. The molecule has 10 heteroatoms. The molecule has 1 unspecified atom stereocenters. The highest BCUT2D eigenvalue weighted by Crippen LogP contribution is 2.48. The second-order valence-electron chi connectivity index (χ2n) is 6.02. The molecular formula is C18H9F5N2O3. The highest BCUT2D eigenvalue weighted by atomic mass is 19.4. The van der Waals surface area contributed by atoms with Crippen LogP contribution >= 0.6 is 0 Å². The number of oxazole rings is 1. The zero-order chi connectivity index (χ0) is 20.2. The van der Waals surface area contributed by atoms with E-state index in [0.29, 0.717) is 6.26 Å². The van der Waals surface area contributed by atoms with E-state index in [4.69, 9.17) is 14.9 Å².